The first-order chi connectivity index (χ1) is 13.0. The zero-order valence-corrected chi connectivity index (χ0v) is 16.3. The summed E-state index contributed by atoms with van der Waals surface area (Å²) in [5.74, 6) is -0.270. The van der Waals surface area contributed by atoms with Gasteiger partial charge in [-0.3, -0.25) is 9.59 Å². The number of nitrogens with two attached hydrogens (primary N) is 1. The van der Waals surface area contributed by atoms with E-state index in [1.807, 2.05) is 49.4 Å². The predicted octanol–water partition coefficient (Wildman–Crippen LogP) is 1.94. The lowest BCUT2D eigenvalue weighted by molar-refractivity contribution is -0.919. The summed E-state index contributed by atoms with van der Waals surface area (Å²) < 4.78 is 0. The number of amides is 2. The van der Waals surface area contributed by atoms with E-state index < -0.39 is 0 Å². The van der Waals surface area contributed by atoms with Crippen LogP contribution >= 0.6 is 11.8 Å². The fraction of sp³-hybridized carbons (Fsp3) is 0.333. The Labute approximate surface area is 164 Å². The second kappa shape index (κ2) is 9.06. The van der Waals surface area contributed by atoms with E-state index in [0.29, 0.717) is 0 Å². The number of benzene rings is 2. The van der Waals surface area contributed by atoms with Gasteiger partial charge < -0.3 is 16.0 Å². The molecule has 4 N–H and O–H groups in total. The van der Waals surface area contributed by atoms with Crippen LogP contribution in [0.4, 0.5) is 5.69 Å². The first-order valence-electron chi connectivity index (χ1n) is 9.31. The number of nitrogens with one attached hydrogen (secondary N) is 2. The summed E-state index contributed by atoms with van der Waals surface area (Å²) in [6, 6.07) is 17.8. The third-order valence-corrected chi connectivity index (χ3v) is 6.24. The molecule has 3 rings (SSSR count). The number of rotatable bonds is 6. The fourth-order valence-electron chi connectivity index (χ4n) is 3.41. The number of primary amides is 1. The van der Waals surface area contributed by atoms with Crippen molar-refractivity contribution < 1.29 is 14.5 Å². The maximum absolute atomic E-state index is 12.8. The van der Waals surface area contributed by atoms with Crippen molar-refractivity contribution in [2.75, 3.05) is 18.4 Å². The van der Waals surface area contributed by atoms with Crippen molar-refractivity contribution in [2.45, 2.75) is 35.6 Å². The summed E-state index contributed by atoms with van der Waals surface area (Å²) in [4.78, 5) is 27.5. The molecule has 0 bridgehead atoms. The van der Waals surface area contributed by atoms with Crippen molar-refractivity contribution in [3.05, 3.63) is 54.6 Å². The summed E-state index contributed by atoms with van der Waals surface area (Å²) in [6.45, 7) is 3.54. The largest absolute Gasteiger partial charge is 0.369 e. The molecule has 2 amide bonds. The van der Waals surface area contributed by atoms with Crippen LogP contribution in [0.15, 0.2) is 64.4 Å². The van der Waals surface area contributed by atoms with Crippen molar-refractivity contribution in [1.29, 1.82) is 0 Å². The highest BCUT2D eigenvalue weighted by molar-refractivity contribution is 7.99. The van der Waals surface area contributed by atoms with Crippen LogP contribution in [0, 0.1) is 5.92 Å². The van der Waals surface area contributed by atoms with Crippen molar-refractivity contribution >= 4 is 29.3 Å². The molecule has 0 unspecified atom stereocenters. The van der Waals surface area contributed by atoms with E-state index in [-0.39, 0.29) is 23.8 Å². The van der Waals surface area contributed by atoms with Gasteiger partial charge in [0, 0.05) is 28.6 Å². The summed E-state index contributed by atoms with van der Waals surface area (Å²) in [6.07, 6.45) is 1.51. The number of quaternary nitrogens is 1. The molecule has 1 fully saturated rings. The van der Waals surface area contributed by atoms with Crippen LogP contribution in [0.3, 0.4) is 0 Å². The SMILES string of the molecule is C[C@@H](C(=O)Nc1ccccc1Sc1ccccc1)[NH+]1CCC(C(N)=O)CC1. The Morgan fingerprint density at radius 3 is 2.37 bits per heavy atom. The van der Waals surface area contributed by atoms with Gasteiger partial charge in [-0.1, -0.05) is 42.1 Å². The summed E-state index contributed by atoms with van der Waals surface area (Å²) in [5, 5.41) is 3.09. The topological polar surface area (TPSA) is 76.6 Å². The summed E-state index contributed by atoms with van der Waals surface area (Å²) in [5.41, 5.74) is 6.23. The molecule has 0 spiro atoms. The molecule has 0 saturated carbocycles. The van der Waals surface area contributed by atoms with Crippen LogP contribution in [0.1, 0.15) is 19.8 Å². The second-order valence-electron chi connectivity index (χ2n) is 6.96. The maximum Gasteiger partial charge on any atom is 0.282 e. The van der Waals surface area contributed by atoms with Gasteiger partial charge in [0.2, 0.25) is 5.91 Å². The zero-order chi connectivity index (χ0) is 19.2. The quantitative estimate of drug-likeness (QED) is 0.712. The van der Waals surface area contributed by atoms with Crippen molar-refractivity contribution in [1.82, 2.24) is 0 Å². The molecule has 2 aromatic carbocycles. The third-order valence-electron chi connectivity index (χ3n) is 5.15. The van der Waals surface area contributed by atoms with Gasteiger partial charge in [0.1, 0.15) is 0 Å². The van der Waals surface area contributed by atoms with Crippen LogP contribution in [-0.4, -0.2) is 30.9 Å². The Bertz CT molecular complexity index is 789. The molecule has 1 aliphatic heterocycles. The summed E-state index contributed by atoms with van der Waals surface area (Å²) >= 11 is 1.63. The van der Waals surface area contributed by atoms with E-state index >= 15 is 0 Å². The molecular weight excluding hydrogens is 358 g/mol. The van der Waals surface area contributed by atoms with Crippen molar-refractivity contribution in [2.24, 2.45) is 11.7 Å². The average molecular weight is 385 g/mol. The number of piperidine rings is 1. The molecule has 5 nitrogen and oxygen atoms in total. The number of hydrogen-bond donors (Lipinski definition) is 3. The average Bonchev–Trinajstić information content (AvgIpc) is 2.69. The minimum Gasteiger partial charge on any atom is -0.369 e. The van der Waals surface area contributed by atoms with E-state index in [2.05, 4.69) is 17.4 Å². The third kappa shape index (κ3) is 5.11. The highest BCUT2D eigenvalue weighted by Crippen LogP contribution is 2.33. The van der Waals surface area contributed by atoms with Crippen molar-refractivity contribution in [3.63, 3.8) is 0 Å². The number of anilines is 1. The lowest BCUT2D eigenvalue weighted by atomic mass is 9.95. The fourth-order valence-corrected chi connectivity index (χ4v) is 4.33. The van der Waals surface area contributed by atoms with Gasteiger partial charge in [0.15, 0.2) is 6.04 Å². The van der Waals surface area contributed by atoms with Crippen LogP contribution < -0.4 is 16.0 Å². The highest BCUT2D eigenvalue weighted by atomic mass is 32.2. The normalized spacial score (nSPS) is 20.6. The van der Waals surface area contributed by atoms with E-state index in [0.717, 1.165) is 41.4 Å². The second-order valence-corrected chi connectivity index (χ2v) is 8.07. The number of carbonyl (C=O) groups is 2. The number of para-hydroxylation sites is 1. The molecule has 1 saturated heterocycles. The van der Waals surface area contributed by atoms with Crippen LogP contribution in [0.2, 0.25) is 0 Å². The first-order valence-corrected chi connectivity index (χ1v) is 10.1. The number of likely N-dealkylation sites (tertiary alicyclic amines) is 1. The van der Waals surface area contributed by atoms with Gasteiger partial charge in [0.05, 0.1) is 18.8 Å². The number of carbonyl (C=O) groups excluding carboxylic acids is 2. The van der Waals surface area contributed by atoms with Crippen LogP contribution in [0.5, 0.6) is 0 Å². The van der Waals surface area contributed by atoms with E-state index in [9.17, 15) is 9.59 Å². The van der Waals surface area contributed by atoms with Gasteiger partial charge in [0.25, 0.3) is 5.91 Å². The van der Waals surface area contributed by atoms with Gasteiger partial charge in [-0.25, -0.2) is 0 Å². The Kier molecular flexibility index (Phi) is 6.53. The lowest BCUT2D eigenvalue weighted by Gasteiger charge is -2.31. The predicted molar refractivity (Wildman–Crippen MR) is 108 cm³/mol. The van der Waals surface area contributed by atoms with Crippen LogP contribution in [-0.2, 0) is 9.59 Å². The highest BCUT2D eigenvalue weighted by Gasteiger charge is 2.32. The molecule has 0 aliphatic carbocycles. The minimum absolute atomic E-state index is 0.00337. The lowest BCUT2D eigenvalue weighted by Crippen LogP contribution is -3.17. The molecule has 142 valence electrons. The standard InChI is InChI=1S/C21H25N3O2S/c1-15(24-13-11-16(12-14-24)20(22)25)21(26)23-18-9-5-6-10-19(18)27-17-7-3-2-4-8-17/h2-10,15-16H,11-14H2,1H3,(H2,22,25)(H,23,26)/p+1/t15-/m0/s1. The monoisotopic (exact) mass is 384 g/mol. The van der Waals surface area contributed by atoms with Gasteiger partial charge >= 0.3 is 0 Å². The van der Waals surface area contributed by atoms with Gasteiger partial charge in [-0.15, -0.1) is 0 Å². The van der Waals surface area contributed by atoms with E-state index in [1.165, 1.54) is 4.90 Å². The van der Waals surface area contributed by atoms with Crippen LogP contribution in [0.25, 0.3) is 0 Å². The molecule has 0 aromatic heterocycles. The molecule has 2 aromatic rings. The Morgan fingerprint density at radius 1 is 1.07 bits per heavy atom. The minimum atomic E-state index is -0.224. The summed E-state index contributed by atoms with van der Waals surface area (Å²) in [7, 11) is 0. The molecular formula is C21H26N3O2S+. The smallest absolute Gasteiger partial charge is 0.282 e. The Balaban J connectivity index is 1.63. The van der Waals surface area contributed by atoms with Gasteiger partial charge in [-0.2, -0.15) is 0 Å². The van der Waals surface area contributed by atoms with Crippen molar-refractivity contribution in [3.8, 4) is 0 Å². The first kappa shape index (κ1) is 19.5. The number of hydrogen-bond acceptors (Lipinski definition) is 3. The Morgan fingerprint density at radius 2 is 1.70 bits per heavy atom. The zero-order valence-electron chi connectivity index (χ0n) is 15.5. The van der Waals surface area contributed by atoms with E-state index in [1.54, 1.807) is 11.8 Å². The maximum atomic E-state index is 12.8. The van der Waals surface area contributed by atoms with E-state index in [4.69, 9.17) is 5.73 Å². The molecule has 1 heterocycles. The molecule has 6 heteroatoms. The molecule has 1 atom stereocenters. The Hall–Kier alpha value is -2.31. The molecule has 0 radical (unpaired) electrons. The molecule has 1 aliphatic rings. The van der Waals surface area contributed by atoms with Gasteiger partial charge in [-0.05, 0) is 31.2 Å². The molecule has 27 heavy (non-hydrogen) atoms.